The summed E-state index contributed by atoms with van der Waals surface area (Å²) in [7, 11) is 0. The third-order valence-corrected chi connectivity index (χ3v) is 15.6. The molecule has 0 aliphatic heterocycles. The predicted octanol–water partition coefficient (Wildman–Crippen LogP) is 24.6. The highest BCUT2D eigenvalue weighted by Crippen LogP contribution is 2.18. The van der Waals surface area contributed by atoms with Crippen molar-refractivity contribution in [1.29, 1.82) is 0 Å². The van der Waals surface area contributed by atoms with E-state index in [2.05, 4.69) is 106 Å². The summed E-state index contributed by atoms with van der Waals surface area (Å²) in [5, 5.41) is 0. The van der Waals surface area contributed by atoms with Crippen molar-refractivity contribution in [1.82, 2.24) is 0 Å². The maximum absolute atomic E-state index is 12.9. The van der Waals surface area contributed by atoms with E-state index >= 15 is 0 Å². The maximum atomic E-state index is 12.9. The van der Waals surface area contributed by atoms with Crippen LogP contribution in [0.15, 0.2) is 85.1 Å². The summed E-state index contributed by atoms with van der Waals surface area (Å²) in [5.41, 5.74) is 0. The summed E-state index contributed by atoms with van der Waals surface area (Å²) in [6, 6.07) is 0. The van der Waals surface area contributed by atoms with Gasteiger partial charge >= 0.3 is 17.9 Å². The van der Waals surface area contributed by atoms with Crippen molar-refractivity contribution in [3.05, 3.63) is 85.1 Å². The lowest BCUT2D eigenvalue weighted by Gasteiger charge is -2.18. The highest BCUT2D eigenvalue weighted by molar-refractivity contribution is 5.71. The molecule has 0 amide bonds. The normalized spacial score (nSPS) is 12.6. The second kappa shape index (κ2) is 70.1. The van der Waals surface area contributed by atoms with Gasteiger partial charge in [-0.1, -0.05) is 337 Å². The largest absolute Gasteiger partial charge is 0.462 e. The first-order valence-corrected chi connectivity index (χ1v) is 35.6. The number of carbonyl (C=O) groups excluding carboxylic acids is 3. The van der Waals surface area contributed by atoms with Crippen molar-refractivity contribution in [2.75, 3.05) is 13.2 Å². The lowest BCUT2D eigenvalue weighted by atomic mass is 10.0. The minimum Gasteiger partial charge on any atom is -0.462 e. The van der Waals surface area contributed by atoms with Gasteiger partial charge in [-0.25, -0.2) is 0 Å². The van der Waals surface area contributed by atoms with Crippen LogP contribution in [0.4, 0.5) is 0 Å². The Bertz CT molecular complexity index is 1550. The molecule has 0 saturated carbocycles. The average molecular weight is 1140 g/mol. The molecule has 0 aromatic carbocycles. The van der Waals surface area contributed by atoms with Gasteiger partial charge in [0.25, 0.3) is 0 Å². The van der Waals surface area contributed by atoms with Crippen LogP contribution < -0.4 is 0 Å². The number of carbonyl (C=O) groups is 3. The van der Waals surface area contributed by atoms with Crippen LogP contribution >= 0.6 is 0 Å². The van der Waals surface area contributed by atoms with Gasteiger partial charge in [0, 0.05) is 19.3 Å². The fraction of sp³-hybridized carbons (Fsp3) is 0.776. The number of hydrogen-bond acceptors (Lipinski definition) is 6. The highest BCUT2D eigenvalue weighted by Gasteiger charge is 2.19. The molecular weight excluding hydrogens is 1010 g/mol. The van der Waals surface area contributed by atoms with Crippen LogP contribution in [0.5, 0.6) is 0 Å². The van der Waals surface area contributed by atoms with Crippen molar-refractivity contribution in [2.45, 2.75) is 367 Å². The Morgan fingerprint density at radius 2 is 0.476 bits per heavy atom. The number of hydrogen-bond donors (Lipinski definition) is 0. The topological polar surface area (TPSA) is 78.9 Å². The van der Waals surface area contributed by atoms with Gasteiger partial charge in [-0.05, 0) is 89.9 Å². The van der Waals surface area contributed by atoms with Gasteiger partial charge in [-0.15, -0.1) is 0 Å². The number of rotatable bonds is 65. The second-order valence-electron chi connectivity index (χ2n) is 23.7. The third-order valence-electron chi connectivity index (χ3n) is 15.6. The number of allylic oxidation sites excluding steroid dienone is 14. The summed E-state index contributed by atoms with van der Waals surface area (Å²) in [5.74, 6) is -0.873. The van der Waals surface area contributed by atoms with E-state index in [9.17, 15) is 14.4 Å². The van der Waals surface area contributed by atoms with Crippen LogP contribution in [0.25, 0.3) is 0 Å². The molecule has 0 bridgehead atoms. The minimum absolute atomic E-state index is 0.0774. The maximum Gasteiger partial charge on any atom is 0.306 e. The first-order valence-electron chi connectivity index (χ1n) is 35.6. The fourth-order valence-electron chi connectivity index (χ4n) is 10.4. The Morgan fingerprint density at radius 1 is 0.256 bits per heavy atom. The third kappa shape index (κ3) is 67.4. The molecule has 0 heterocycles. The molecule has 6 heteroatoms. The standard InChI is InChI=1S/C76H134O6/c1-4-7-10-13-16-19-22-25-28-29-30-31-32-33-34-35-36-37-38-39-40-41-42-43-44-45-46-47-49-51-54-57-60-63-66-69-75(78)81-72-73(71-80-74(77)68-65-62-59-56-53-50-27-24-21-18-15-12-9-6-3)82-76(79)70-67-64-61-58-55-52-48-26-23-20-17-14-11-8-5-2/h7-8,10-11,16-17,19-20,25-26,28,30-31,48,73H,4-6,9,12-15,18,21-24,27,29,32-47,49-72H2,1-3H3/b10-7-,11-8-,19-16-,20-17-,28-25-,31-30-,48-26-. The molecule has 0 aliphatic carbocycles. The molecule has 1 unspecified atom stereocenters. The molecule has 82 heavy (non-hydrogen) atoms. The molecule has 0 radical (unpaired) electrons. The zero-order valence-corrected chi connectivity index (χ0v) is 54.5. The summed E-state index contributed by atoms with van der Waals surface area (Å²) in [6.07, 6.45) is 93.5. The Balaban J connectivity index is 4.10. The van der Waals surface area contributed by atoms with Crippen LogP contribution in [0.3, 0.4) is 0 Å². The second-order valence-corrected chi connectivity index (χ2v) is 23.7. The van der Waals surface area contributed by atoms with E-state index in [-0.39, 0.29) is 31.1 Å². The number of unbranched alkanes of at least 4 members (excludes halogenated alkanes) is 40. The lowest BCUT2D eigenvalue weighted by Crippen LogP contribution is -2.30. The number of ether oxygens (including phenoxy) is 3. The van der Waals surface area contributed by atoms with Crippen LogP contribution in [0.1, 0.15) is 361 Å². The molecule has 0 rings (SSSR count). The van der Waals surface area contributed by atoms with Crippen molar-refractivity contribution in [3.8, 4) is 0 Å². The van der Waals surface area contributed by atoms with Crippen LogP contribution in [-0.2, 0) is 28.6 Å². The minimum atomic E-state index is -0.782. The molecule has 0 saturated heterocycles. The van der Waals surface area contributed by atoms with Gasteiger partial charge in [0.15, 0.2) is 6.10 Å². The highest BCUT2D eigenvalue weighted by atomic mass is 16.6. The van der Waals surface area contributed by atoms with Crippen molar-refractivity contribution < 1.29 is 28.6 Å². The van der Waals surface area contributed by atoms with E-state index in [0.29, 0.717) is 19.3 Å². The number of esters is 3. The van der Waals surface area contributed by atoms with Crippen LogP contribution in [-0.4, -0.2) is 37.2 Å². The van der Waals surface area contributed by atoms with Crippen LogP contribution in [0.2, 0.25) is 0 Å². The zero-order valence-electron chi connectivity index (χ0n) is 54.5. The predicted molar refractivity (Wildman–Crippen MR) is 358 cm³/mol. The Morgan fingerprint density at radius 3 is 0.744 bits per heavy atom. The van der Waals surface area contributed by atoms with Crippen LogP contribution in [0, 0.1) is 0 Å². The molecular formula is C76H134O6. The first-order chi connectivity index (χ1) is 40.5. The van der Waals surface area contributed by atoms with Gasteiger partial charge < -0.3 is 14.2 Å². The molecule has 474 valence electrons. The van der Waals surface area contributed by atoms with Crippen molar-refractivity contribution in [2.24, 2.45) is 0 Å². The fourth-order valence-corrected chi connectivity index (χ4v) is 10.4. The molecule has 0 aromatic rings. The summed E-state index contributed by atoms with van der Waals surface area (Å²) in [4.78, 5) is 38.4. The van der Waals surface area contributed by atoms with E-state index in [0.717, 1.165) is 122 Å². The summed E-state index contributed by atoms with van der Waals surface area (Å²) < 4.78 is 16.9. The first kappa shape index (κ1) is 78.6. The Kier molecular flexibility index (Phi) is 67.2. The average Bonchev–Trinajstić information content (AvgIpc) is 3.48. The molecule has 0 fully saturated rings. The van der Waals surface area contributed by atoms with Gasteiger partial charge in [0.2, 0.25) is 0 Å². The smallest absolute Gasteiger partial charge is 0.306 e. The zero-order chi connectivity index (χ0) is 59.2. The van der Waals surface area contributed by atoms with E-state index < -0.39 is 6.10 Å². The summed E-state index contributed by atoms with van der Waals surface area (Å²) >= 11 is 0. The van der Waals surface area contributed by atoms with Gasteiger partial charge in [-0.3, -0.25) is 14.4 Å². The van der Waals surface area contributed by atoms with E-state index in [1.165, 1.54) is 199 Å². The SMILES string of the molecule is CC/C=C\C/C=C\C/C=C\C/C=C\CCCCCCCCCCCCCCCCCCCCCCCCC(=O)OCC(COC(=O)CCCCCCCCCCCCCCCC)OC(=O)CCCCCCC/C=C\C/C=C\C/C=C\CC. The van der Waals surface area contributed by atoms with Gasteiger partial charge in [0.1, 0.15) is 13.2 Å². The summed E-state index contributed by atoms with van der Waals surface area (Å²) in [6.45, 7) is 6.45. The molecule has 0 spiro atoms. The molecule has 0 aliphatic rings. The van der Waals surface area contributed by atoms with Crippen molar-refractivity contribution in [3.63, 3.8) is 0 Å². The van der Waals surface area contributed by atoms with Gasteiger partial charge in [0.05, 0.1) is 0 Å². The van der Waals surface area contributed by atoms with Gasteiger partial charge in [-0.2, -0.15) is 0 Å². The molecule has 0 aromatic heterocycles. The van der Waals surface area contributed by atoms with E-state index in [1.807, 2.05) is 0 Å². The quantitative estimate of drug-likeness (QED) is 0.0261. The Hall–Kier alpha value is -3.41. The molecule has 1 atom stereocenters. The van der Waals surface area contributed by atoms with Crippen molar-refractivity contribution >= 4 is 17.9 Å². The monoisotopic (exact) mass is 1140 g/mol. The van der Waals surface area contributed by atoms with E-state index in [1.54, 1.807) is 0 Å². The lowest BCUT2D eigenvalue weighted by molar-refractivity contribution is -0.167. The Labute approximate surface area is 509 Å². The molecule has 0 N–H and O–H groups in total. The van der Waals surface area contributed by atoms with E-state index in [4.69, 9.17) is 14.2 Å². The molecule has 6 nitrogen and oxygen atoms in total.